The smallest absolute Gasteiger partial charge is 0.272 e. The highest BCUT2D eigenvalue weighted by Gasteiger charge is 2.06. The van der Waals surface area contributed by atoms with Crippen molar-refractivity contribution >= 4 is 23.0 Å². The van der Waals surface area contributed by atoms with E-state index in [0.29, 0.717) is 5.56 Å². The number of nitrogens with zero attached hydrogens (tertiary/aromatic N) is 2. The van der Waals surface area contributed by atoms with Gasteiger partial charge in [-0.2, -0.15) is 5.10 Å². The number of amides is 1. The normalized spacial score (nSPS) is 11.1. The van der Waals surface area contributed by atoms with E-state index in [1.165, 1.54) is 6.20 Å². The molecule has 3 aromatic rings. The number of H-pyrrole nitrogens is 1. The summed E-state index contributed by atoms with van der Waals surface area (Å²) in [6.07, 6.45) is 4.78. The fourth-order valence-corrected chi connectivity index (χ4v) is 2.18. The van der Waals surface area contributed by atoms with Crippen LogP contribution in [0.2, 0.25) is 0 Å². The maximum atomic E-state index is 11.8. The highest BCUT2D eigenvalue weighted by Crippen LogP contribution is 2.19. The van der Waals surface area contributed by atoms with Gasteiger partial charge < -0.3 is 4.98 Å². The Bertz CT molecular complexity index is 806. The number of aromatic amines is 1. The molecule has 21 heavy (non-hydrogen) atoms. The molecule has 0 spiro atoms. The van der Waals surface area contributed by atoms with Crippen molar-refractivity contribution in [2.24, 2.45) is 5.10 Å². The number of carbonyl (C=O) groups is 1. The summed E-state index contributed by atoms with van der Waals surface area (Å²) in [7, 11) is 0. The summed E-state index contributed by atoms with van der Waals surface area (Å²) >= 11 is 0. The number of rotatable bonds is 3. The van der Waals surface area contributed by atoms with E-state index in [0.717, 1.165) is 22.2 Å². The molecule has 0 saturated carbocycles. The highest BCUT2D eigenvalue weighted by molar-refractivity contribution is 6.01. The zero-order valence-corrected chi connectivity index (χ0v) is 11.5. The Labute approximate surface area is 121 Å². The molecule has 0 unspecified atom stereocenters. The number of benzene rings is 1. The first kappa shape index (κ1) is 13.1. The van der Waals surface area contributed by atoms with Gasteiger partial charge in [0.2, 0.25) is 0 Å². The molecule has 0 aliphatic rings. The Morgan fingerprint density at radius 3 is 2.95 bits per heavy atom. The molecule has 0 bridgehead atoms. The summed E-state index contributed by atoms with van der Waals surface area (Å²) in [6, 6.07) is 11.4. The number of carbonyl (C=O) groups excluding carboxylic acids is 1. The quantitative estimate of drug-likeness (QED) is 0.571. The number of para-hydroxylation sites is 1. The average molecular weight is 278 g/mol. The Hall–Kier alpha value is -2.95. The van der Waals surface area contributed by atoms with Crippen molar-refractivity contribution in [1.29, 1.82) is 0 Å². The minimum absolute atomic E-state index is 0.281. The van der Waals surface area contributed by atoms with Crippen molar-refractivity contribution in [3.63, 3.8) is 0 Å². The molecule has 0 saturated heterocycles. The largest absolute Gasteiger partial charge is 0.358 e. The Kier molecular flexibility index (Phi) is 3.47. The first-order valence-corrected chi connectivity index (χ1v) is 6.56. The number of nitrogens with one attached hydrogen (secondary N) is 2. The van der Waals surface area contributed by atoms with Crippen LogP contribution < -0.4 is 5.43 Å². The first-order chi connectivity index (χ1) is 10.3. The van der Waals surface area contributed by atoms with E-state index in [1.807, 2.05) is 31.2 Å². The molecule has 0 aliphatic carbocycles. The fourth-order valence-electron chi connectivity index (χ4n) is 2.18. The number of hydrogen-bond acceptors (Lipinski definition) is 3. The summed E-state index contributed by atoms with van der Waals surface area (Å²) in [5, 5.41) is 5.11. The van der Waals surface area contributed by atoms with E-state index in [4.69, 9.17) is 0 Å². The lowest BCUT2D eigenvalue weighted by Gasteiger charge is -1.98. The minimum Gasteiger partial charge on any atom is -0.358 e. The van der Waals surface area contributed by atoms with Gasteiger partial charge in [0.05, 0.1) is 11.8 Å². The summed E-state index contributed by atoms with van der Waals surface area (Å²) in [5.41, 5.74) is 6.01. The van der Waals surface area contributed by atoms with E-state index in [-0.39, 0.29) is 5.91 Å². The predicted molar refractivity (Wildman–Crippen MR) is 82.3 cm³/mol. The van der Waals surface area contributed by atoms with Gasteiger partial charge in [-0.1, -0.05) is 18.2 Å². The van der Waals surface area contributed by atoms with Gasteiger partial charge in [-0.25, -0.2) is 5.43 Å². The lowest BCUT2D eigenvalue weighted by molar-refractivity contribution is 0.0955. The summed E-state index contributed by atoms with van der Waals surface area (Å²) in [6.45, 7) is 1.98. The molecule has 2 heterocycles. The molecule has 3 rings (SSSR count). The molecule has 5 nitrogen and oxygen atoms in total. The molecule has 104 valence electrons. The second-order valence-electron chi connectivity index (χ2n) is 4.65. The van der Waals surface area contributed by atoms with Crippen molar-refractivity contribution in [2.45, 2.75) is 6.92 Å². The second-order valence-corrected chi connectivity index (χ2v) is 4.65. The number of hydrazone groups is 1. The third-order valence-corrected chi connectivity index (χ3v) is 3.23. The zero-order chi connectivity index (χ0) is 14.7. The lowest BCUT2D eigenvalue weighted by Crippen LogP contribution is -2.17. The van der Waals surface area contributed by atoms with Crippen LogP contribution in [0.1, 0.15) is 21.6 Å². The van der Waals surface area contributed by atoms with Gasteiger partial charge in [0.15, 0.2) is 0 Å². The van der Waals surface area contributed by atoms with Crippen molar-refractivity contribution in [3.8, 4) is 0 Å². The van der Waals surface area contributed by atoms with Crippen LogP contribution in [0.5, 0.6) is 0 Å². The molecular formula is C16H14N4O. The molecule has 0 fully saturated rings. The van der Waals surface area contributed by atoms with Crippen molar-refractivity contribution in [3.05, 3.63) is 65.6 Å². The van der Waals surface area contributed by atoms with Crippen LogP contribution in [0.15, 0.2) is 53.9 Å². The van der Waals surface area contributed by atoms with Crippen LogP contribution in [-0.4, -0.2) is 22.1 Å². The molecule has 1 aromatic carbocycles. The van der Waals surface area contributed by atoms with E-state index in [1.54, 1.807) is 24.5 Å². The molecule has 2 aromatic heterocycles. The molecule has 5 heteroatoms. The van der Waals surface area contributed by atoms with Crippen LogP contribution in [0.3, 0.4) is 0 Å². The number of aryl methyl sites for hydroxylation is 1. The molecule has 0 atom stereocenters. The average Bonchev–Trinajstić information content (AvgIpc) is 2.84. The van der Waals surface area contributed by atoms with Gasteiger partial charge in [-0.15, -0.1) is 0 Å². The zero-order valence-electron chi connectivity index (χ0n) is 11.5. The predicted octanol–water partition coefficient (Wildman–Crippen LogP) is 2.64. The number of fused-ring (bicyclic) bond motifs is 1. The van der Waals surface area contributed by atoms with Gasteiger partial charge in [-0.05, 0) is 25.1 Å². The lowest BCUT2D eigenvalue weighted by atomic mass is 10.1. The third kappa shape index (κ3) is 2.67. The van der Waals surface area contributed by atoms with Crippen LogP contribution in [0.4, 0.5) is 0 Å². The summed E-state index contributed by atoms with van der Waals surface area (Å²) in [4.78, 5) is 19.0. The van der Waals surface area contributed by atoms with Gasteiger partial charge in [0.25, 0.3) is 5.91 Å². The fraction of sp³-hybridized carbons (Fsp3) is 0.0625. The number of hydrogen-bond donors (Lipinski definition) is 2. The molecule has 1 amide bonds. The highest BCUT2D eigenvalue weighted by atomic mass is 16.2. The number of pyridine rings is 1. The Morgan fingerprint density at radius 2 is 2.14 bits per heavy atom. The summed E-state index contributed by atoms with van der Waals surface area (Å²) in [5.74, 6) is -0.281. The standard InChI is InChI=1S/C16H14N4O/c1-11-14(13-6-2-3-7-15(13)19-11)10-18-20-16(21)12-5-4-8-17-9-12/h2-10,19H,1H3,(H,20,21). The third-order valence-electron chi connectivity index (χ3n) is 3.23. The van der Waals surface area contributed by atoms with Crippen LogP contribution in [-0.2, 0) is 0 Å². The Morgan fingerprint density at radius 1 is 1.29 bits per heavy atom. The van der Waals surface area contributed by atoms with Crippen molar-refractivity contribution in [1.82, 2.24) is 15.4 Å². The number of aromatic nitrogens is 2. The maximum Gasteiger partial charge on any atom is 0.272 e. The monoisotopic (exact) mass is 278 g/mol. The Balaban J connectivity index is 1.79. The van der Waals surface area contributed by atoms with E-state index >= 15 is 0 Å². The summed E-state index contributed by atoms with van der Waals surface area (Å²) < 4.78 is 0. The van der Waals surface area contributed by atoms with Gasteiger partial charge in [-0.3, -0.25) is 9.78 Å². The van der Waals surface area contributed by atoms with Crippen molar-refractivity contribution in [2.75, 3.05) is 0 Å². The van der Waals surface area contributed by atoms with Crippen LogP contribution in [0.25, 0.3) is 10.9 Å². The molecule has 0 aliphatic heterocycles. The van der Waals surface area contributed by atoms with E-state index in [9.17, 15) is 4.79 Å². The topological polar surface area (TPSA) is 70.1 Å². The minimum atomic E-state index is -0.281. The molecule has 0 radical (unpaired) electrons. The van der Waals surface area contributed by atoms with E-state index < -0.39 is 0 Å². The van der Waals surface area contributed by atoms with Gasteiger partial charge >= 0.3 is 0 Å². The van der Waals surface area contributed by atoms with Gasteiger partial charge in [0.1, 0.15) is 0 Å². The maximum absolute atomic E-state index is 11.8. The second kappa shape index (κ2) is 5.58. The SMILES string of the molecule is Cc1[nH]c2ccccc2c1C=NNC(=O)c1cccnc1. The molecule has 2 N–H and O–H groups in total. The van der Waals surface area contributed by atoms with E-state index in [2.05, 4.69) is 20.5 Å². The first-order valence-electron chi connectivity index (χ1n) is 6.56. The van der Waals surface area contributed by atoms with Gasteiger partial charge in [0, 0.05) is 34.6 Å². The van der Waals surface area contributed by atoms with Crippen molar-refractivity contribution < 1.29 is 4.79 Å². The molecular weight excluding hydrogens is 264 g/mol. The van der Waals surface area contributed by atoms with Crippen LogP contribution >= 0.6 is 0 Å². The van der Waals surface area contributed by atoms with Crippen LogP contribution in [0, 0.1) is 6.92 Å².